The number of ether oxygens (including phenoxy) is 1. The van der Waals surface area contributed by atoms with Gasteiger partial charge in [-0.15, -0.1) is 0 Å². The van der Waals surface area contributed by atoms with Gasteiger partial charge in [-0.2, -0.15) is 0 Å². The van der Waals surface area contributed by atoms with Crippen LogP contribution in [0.5, 0.6) is 0 Å². The van der Waals surface area contributed by atoms with Crippen molar-refractivity contribution in [2.75, 3.05) is 20.1 Å². The number of allylic oxidation sites excluding steroid dienone is 3. The van der Waals surface area contributed by atoms with Crippen molar-refractivity contribution in [1.82, 2.24) is 10.6 Å². The molecule has 192 valence electrons. The molecule has 2 heterocycles. The van der Waals surface area contributed by atoms with Crippen LogP contribution in [0.25, 0.3) is 0 Å². The molecule has 4 heteroatoms. The molecule has 5 aliphatic rings. The first-order chi connectivity index (χ1) is 16.4. The standard InChI is InChI=1S/C28H44N2O2.C2H6/c1-18-17-28(19(2)26-25(32-28)6-5-13-30-26)11-9-21-22-8-7-20(10-15-31)27(3,12-14-29-4)24(22)16-23(18)21;1-2/h10,15,19,21-22,24-26,29-30H,5-9,11-14,16-17H2,1-4H3;1-2H3/b20-10-;. The Hall–Kier alpha value is -0.970. The summed E-state index contributed by atoms with van der Waals surface area (Å²) in [5, 5.41) is 7.18. The largest absolute Gasteiger partial charge is 0.369 e. The molecule has 5 rings (SSSR count). The lowest BCUT2D eigenvalue weighted by Gasteiger charge is -2.47. The number of aldehydes is 1. The zero-order valence-electron chi connectivity index (χ0n) is 22.7. The number of rotatable bonds is 4. The van der Waals surface area contributed by atoms with Gasteiger partial charge in [0.15, 0.2) is 0 Å². The Morgan fingerprint density at radius 1 is 1.24 bits per heavy atom. The van der Waals surface area contributed by atoms with Crippen LogP contribution in [0, 0.1) is 29.1 Å². The van der Waals surface area contributed by atoms with Crippen LogP contribution in [0.2, 0.25) is 0 Å². The third-order valence-corrected chi connectivity index (χ3v) is 10.6. The van der Waals surface area contributed by atoms with Crippen LogP contribution in [0.3, 0.4) is 0 Å². The fourth-order valence-corrected chi connectivity index (χ4v) is 8.78. The summed E-state index contributed by atoms with van der Waals surface area (Å²) >= 11 is 0. The molecule has 8 unspecified atom stereocenters. The van der Waals surface area contributed by atoms with E-state index in [4.69, 9.17) is 4.74 Å². The first kappa shape index (κ1) is 26.1. The molecule has 2 N–H and O–H groups in total. The summed E-state index contributed by atoms with van der Waals surface area (Å²) < 4.78 is 6.95. The number of carbonyl (C=O) groups is 1. The van der Waals surface area contributed by atoms with Gasteiger partial charge in [0.25, 0.3) is 0 Å². The smallest absolute Gasteiger partial charge is 0.142 e. The van der Waals surface area contributed by atoms with E-state index in [0.717, 1.165) is 50.5 Å². The summed E-state index contributed by atoms with van der Waals surface area (Å²) in [7, 11) is 2.05. The number of carbonyl (C=O) groups excluding carboxylic acids is 1. The normalized spacial score (nSPS) is 44.7. The van der Waals surface area contributed by atoms with E-state index in [-0.39, 0.29) is 11.0 Å². The van der Waals surface area contributed by atoms with Crippen molar-refractivity contribution in [3.8, 4) is 0 Å². The highest BCUT2D eigenvalue weighted by atomic mass is 16.5. The molecule has 0 amide bonds. The van der Waals surface area contributed by atoms with E-state index in [9.17, 15) is 4.79 Å². The molecular weight excluding hydrogens is 420 g/mol. The molecule has 0 aromatic carbocycles. The Morgan fingerprint density at radius 3 is 2.74 bits per heavy atom. The molecule has 0 aromatic rings. The fraction of sp³-hybridized carbons (Fsp3) is 0.833. The van der Waals surface area contributed by atoms with E-state index in [1.165, 1.54) is 44.1 Å². The van der Waals surface area contributed by atoms with Crippen LogP contribution >= 0.6 is 0 Å². The van der Waals surface area contributed by atoms with E-state index in [1.807, 2.05) is 27.0 Å². The highest BCUT2D eigenvalue weighted by Crippen LogP contribution is 2.63. The highest BCUT2D eigenvalue weighted by Gasteiger charge is 2.57. The average Bonchev–Trinajstić information content (AvgIpc) is 3.31. The van der Waals surface area contributed by atoms with Gasteiger partial charge in [-0.25, -0.2) is 0 Å². The lowest BCUT2D eigenvalue weighted by atomic mass is 9.58. The van der Waals surface area contributed by atoms with Crippen molar-refractivity contribution in [1.29, 1.82) is 0 Å². The Kier molecular flexibility index (Phi) is 8.11. The summed E-state index contributed by atoms with van der Waals surface area (Å²) in [6, 6.07) is 0.544. The first-order valence-corrected chi connectivity index (χ1v) is 14.3. The van der Waals surface area contributed by atoms with Gasteiger partial charge in [-0.3, -0.25) is 4.79 Å². The third-order valence-electron chi connectivity index (χ3n) is 10.6. The van der Waals surface area contributed by atoms with Crippen LogP contribution in [-0.2, 0) is 9.53 Å². The van der Waals surface area contributed by atoms with Gasteiger partial charge in [-0.05, 0) is 114 Å². The van der Waals surface area contributed by atoms with Gasteiger partial charge in [-0.1, -0.05) is 44.4 Å². The maximum Gasteiger partial charge on any atom is 0.142 e. The first-order valence-electron chi connectivity index (χ1n) is 14.3. The number of hydrogen-bond acceptors (Lipinski definition) is 4. The maximum atomic E-state index is 11.4. The van der Waals surface area contributed by atoms with Crippen molar-refractivity contribution in [3.05, 3.63) is 22.8 Å². The molecule has 0 bridgehead atoms. The molecule has 4 fully saturated rings. The molecular formula is C30H50N2O2. The molecule has 2 saturated heterocycles. The predicted molar refractivity (Wildman–Crippen MR) is 141 cm³/mol. The fourth-order valence-electron chi connectivity index (χ4n) is 8.78. The van der Waals surface area contributed by atoms with Crippen molar-refractivity contribution >= 4 is 6.29 Å². The second-order valence-electron chi connectivity index (χ2n) is 11.9. The summed E-state index contributed by atoms with van der Waals surface area (Å²) in [5.41, 5.74) is 4.97. The number of piperidine rings is 1. The lowest BCUT2D eigenvalue weighted by Crippen LogP contribution is -2.46. The minimum atomic E-state index is 0.0380. The molecule has 4 nitrogen and oxygen atoms in total. The van der Waals surface area contributed by atoms with Crippen LogP contribution in [0.15, 0.2) is 22.8 Å². The Labute approximate surface area is 208 Å². The zero-order chi connectivity index (χ0) is 24.5. The molecule has 34 heavy (non-hydrogen) atoms. The van der Waals surface area contributed by atoms with Crippen LogP contribution in [0.4, 0.5) is 0 Å². The summed E-state index contributed by atoms with van der Waals surface area (Å²) in [4.78, 5) is 11.4. The van der Waals surface area contributed by atoms with Crippen molar-refractivity contribution < 1.29 is 9.53 Å². The monoisotopic (exact) mass is 470 g/mol. The van der Waals surface area contributed by atoms with Gasteiger partial charge in [0, 0.05) is 12.0 Å². The topological polar surface area (TPSA) is 50.4 Å². The van der Waals surface area contributed by atoms with Crippen molar-refractivity contribution in [3.63, 3.8) is 0 Å². The van der Waals surface area contributed by atoms with Gasteiger partial charge >= 0.3 is 0 Å². The third kappa shape index (κ3) is 4.26. The quantitative estimate of drug-likeness (QED) is 0.308. The van der Waals surface area contributed by atoms with E-state index < -0.39 is 0 Å². The molecule has 8 atom stereocenters. The zero-order valence-corrected chi connectivity index (χ0v) is 22.7. The Bertz CT molecular complexity index is 804. The lowest BCUT2D eigenvalue weighted by molar-refractivity contribution is -0.104. The molecule has 0 radical (unpaired) electrons. The molecule has 1 spiro atoms. The van der Waals surface area contributed by atoms with Gasteiger partial charge in [0.2, 0.25) is 0 Å². The van der Waals surface area contributed by atoms with Gasteiger partial charge in [0.05, 0.1) is 11.7 Å². The van der Waals surface area contributed by atoms with Crippen LogP contribution in [-0.4, -0.2) is 44.2 Å². The number of hydrogen-bond donors (Lipinski definition) is 2. The van der Waals surface area contributed by atoms with Crippen molar-refractivity contribution in [2.45, 2.75) is 110 Å². The second-order valence-corrected chi connectivity index (χ2v) is 11.9. The molecule has 0 aromatic heterocycles. The summed E-state index contributed by atoms with van der Waals surface area (Å²) in [6.45, 7) is 13.5. The predicted octanol–water partition coefficient (Wildman–Crippen LogP) is 5.83. The highest BCUT2D eigenvalue weighted by molar-refractivity contribution is 5.66. The average molecular weight is 471 g/mol. The number of fused-ring (bicyclic) bond motifs is 4. The van der Waals surface area contributed by atoms with E-state index in [1.54, 1.807) is 11.1 Å². The minimum Gasteiger partial charge on any atom is -0.369 e. The number of nitrogens with one attached hydrogen (secondary N) is 2. The van der Waals surface area contributed by atoms with E-state index in [0.29, 0.717) is 24.0 Å². The van der Waals surface area contributed by atoms with E-state index in [2.05, 4.69) is 31.4 Å². The SMILES string of the molecule is CC.CNCCC1(C)/C(=C\C=O)CCC2C3CCC4(CC(C)=C3CC21)OC1CCCNC1C4C. The molecule has 2 aliphatic heterocycles. The van der Waals surface area contributed by atoms with Crippen molar-refractivity contribution in [2.24, 2.45) is 29.1 Å². The van der Waals surface area contributed by atoms with Gasteiger partial charge < -0.3 is 15.4 Å². The Balaban J connectivity index is 0.00000133. The maximum absolute atomic E-state index is 11.4. The summed E-state index contributed by atoms with van der Waals surface area (Å²) in [6.07, 6.45) is 14.1. The van der Waals surface area contributed by atoms with Crippen LogP contribution in [0.1, 0.15) is 92.4 Å². The van der Waals surface area contributed by atoms with Gasteiger partial charge in [0.1, 0.15) is 6.29 Å². The van der Waals surface area contributed by atoms with Crippen LogP contribution < -0.4 is 10.6 Å². The van der Waals surface area contributed by atoms with E-state index >= 15 is 0 Å². The molecule has 3 aliphatic carbocycles. The Morgan fingerprint density at radius 2 is 2.03 bits per heavy atom. The second kappa shape index (κ2) is 10.6. The minimum absolute atomic E-state index is 0.0380. The molecule has 2 saturated carbocycles. The summed E-state index contributed by atoms with van der Waals surface area (Å²) in [5.74, 6) is 2.74.